The maximum absolute atomic E-state index is 12.0. The van der Waals surface area contributed by atoms with Crippen molar-refractivity contribution in [3.05, 3.63) is 141 Å². The fourth-order valence-electron chi connectivity index (χ4n) is 2.18. The van der Waals surface area contributed by atoms with Gasteiger partial charge in [0, 0.05) is 24.3 Å². The second-order valence-corrected chi connectivity index (χ2v) is 7.42. The third-order valence-electron chi connectivity index (χ3n) is 4.23. The Labute approximate surface area is 306 Å². The van der Waals surface area contributed by atoms with E-state index in [4.69, 9.17) is 15.1 Å². The third-order valence-corrected chi connectivity index (χ3v) is 4.23. The standard InChI is InChI=1S/4C6HF5.BO3.3Li/c4*7-2-1-3(8)5(10)6(11)4(2)9;2-1(3)4;;;/h4*1H;;;;/q;;;;-3;3*+1. The van der Waals surface area contributed by atoms with Gasteiger partial charge in [0.2, 0.25) is 23.3 Å². The molecule has 0 aliphatic rings. The van der Waals surface area contributed by atoms with Crippen LogP contribution < -0.4 is 71.7 Å². The van der Waals surface area contributed by atoms with Crippen LogP contribution >= 0.6 is 0 Å². The molecular weight excluding hydrogens is 748 g/mol. The van der Waals surface area contributed by atoms with Crippen LogP contribution in [0.3, 0.4) is 0 Å². The zero-order valence-corrected chi connectivity index (χ0v) is 24.7. The van der Waals surface area contributed by atoms with E-state index < -0.39 is 124 Å². The van der Waals surface area contributed by atoms with Crippen molar-refractivity contribution in [3.63, 3.8) is 0 Å². The molecule has 4 rings (SSSR count). The van der Waals surface area contributed by atoms with Gasteiger partial charge < -0.3 is 15.1 Å². The van der Waals surface area contributed by atoms with E-state index in [1.807, 2.05) is 0 Å². The van der Waals surface area contributed by atoms with Gasteiger partial charge in [0.15, 0.2) is 93.1 Å². The van der Waals surface area contributed by atoms with Crippen LogP contribution in [-0.2, 0) is 0 Å². The quantitative estimate of drug-likeness (QED) is 0.0816. The summed E-state index contributed by atoms with van der Waals surface area (Å²) in [5.74, 6) is -38.6. The van der Waals surface area contributed by atoms with Gasteiger partial charge in [-0.2, -0.15) is 0 Å². The molecular formula is C24H4BF20Li3O3. The van der Waals surface area contributed by atoms with E-state index in [-0.39, 0.29) is 80.8 Å². The molecule has 0 heterocycles. The molecule has 0 bridgehead atoms. The number of halogens is 20. The van der Waals surface area contributed by atoms with E-state index in [1.165, 1.54) is 0 Å². The summed E-state index contributed by atoms with van der Waals surface area (Å²) < 4.78 is 240. The molecule has 51 heavy (non-hydrogen) atoms. The molecule has 4 aromatic rings. The average Bonchev–Trinajstić information content (AvgIpc) is 3.01. The maximum atomic E-state index is 12.0. The first-order valence-corrected chi connectivity index (χ1v) is 10.8. The van der Waals surface area contributed by atoms with E-state index in [1.54, 1.807) is 0 Å². The van der Waals surface area contributed by atoms with Crippen molar-refractivity contribution in [1.82, 2.24) is 0 Å². The van der Waals surface area contributed by atoms with Crippen LogP contribution in [0, 0.1) is 116 Å². The number of hydrogen-bond donors (Lipinski definition) is 0. The van der Waals surface area contributed by atoms with Gasteiger partial charge in [-0.25, -0.2) is 87.8 Å². The Hall–Kier alpha value is -2.78. The fourth-order valence-corrected chi connectivity index (χ4v) is 2.18. The second-order valence-electron chi connectivity index (χ2n) is 7.42. The SMILES string of the molecule is Fc1cc(F)c(F)c(F)c1F.Fc1cc(F)c(F)c(F)c1F.Fc1cc(F)c(F)c(F)c1F.Fc1cc(F)c(F)c(F)c1F.[Li+].[Li+].[Li+].[O-]B([O-])[O-]. The molecule has 0 N–H and O–H groups in total. The maximum Gasteiger partial charge on any atom is 1.00 e. The molecule has 0 saturated heterocycles. The molecule has 27 heteroatoms. The van der Waals surface area contributed by atoms with Crippen molar-refractivity contribution in [2.45, 2.75) is 0 Å². The van der Waals surface area contributed by atoms with Gasteiger partial charge in [0.05, 0.1) is 0 Å². The number of rotatable bonds is 0. The van der Waals surface area contributed by atoms with Crippen molar-refractivity contribution < 1.29 is 159 Å². The minimum absolute atomic E-state index is 0. The summed E-state index contributed by atoms with van der Waals surface area (Å²) in [4.78, 5) is 0. The Kier molecular flexibility index (Phi) is 26.4. The van der Waals surface area contributed by atoms with E-state index in [0.29, 0.717) is 0 Å². The summed E-state index contributed by atoms with van der Waals surface area (Å²) in [5.41, 5.74) is 0. The van der Waals surface area contributed by atoms with Crippen LogP contribution in [0.4, 0.5) is 87.8 Å². The van der Waals surface area contributed by atoms with Crippen molar-refractivity contribution in [3.8, 4) is 0 Å². The first-order chi connectivity index (χ1) is 21.9. The first kappa shape index (κ1) is 55.0. The Morgan fingerprint density at radius 1 is 0.235 bits per heavy atom. The summed E-state index contributed by atoms with van der Waals surface area (Å²) in [7, 11) is -2.92. The van der Waals surface area contributed by atoms with Crippen molar-refractivity contribution in [2.24, 2.45) is 0 Å². The summed E-state index contributed by atoms with van der Waals surface area (Å²) >= 11 is 0. The minimum Gasteiger partial charge on any atom is -0.907 e. The molecule has 0 fully saturated rings. The molecule has 0 amide bonds. The van der Waals surface area contributed by atoms with Crippen LogP contribution in [0.5, 0.6) is 0 Å². The van der Waals surface area contributed by atoms with Crippen LogP contribution in [0.2, 0.25) is 0 Å². The minimum atomic E-state index is -2.92. The van der Waals surface area contributed by atoms with Gasteiger partial charge in [0.1, 0.15) is 0 Å². The molecule has 0 aromatic heterocycles. The van der Waals surface area contributed by atoms with Crippen molar-refractivity contribution in [2.75, 3.05) is 0 Å². The molecule has 0 spiro atoms. The van der Waals surface area contributed by atoms with E-state index >= 15 is 0 Å². The molecule has 0 aliphatic heterocycles. The molecule has 4 aromatic carbocycles. The average molecular weight is 752 g/mol. The Balaban J connectivity index is -0.000000273. The van der Waals surface area contributed by atoms with E-state index in [0.717, 1.165) is 0 Å². The summed E-state index contributed by atoms with van der Waals surface area (Å²) in [6.45, 7) is 0. The largest absolute Gasteiger partial charge is 1.00 e. The molecule has 264 valence electrons. The summed E-state index contributed by atoms with van der Waals surface area (Å²) in [6.07, 6.45) is 0. The topological polar surface area (TPSA) is 69.2 Å². The monoisotopic (exact) mass is 752 g/mol. The van der Waals surface area contributed by atoms with Crippen molar-refractivity contribution >= 4 is 7.32 Å². The van der Waals surface area contributed by atoms with E-state index in [9.17, 15) is 87.8 Å². The third kappa shape index (κ3) is 16.2. The number of hydrogen-bond acceptors (Lipinski definition) is 3. The zero-order valence-electron chi connectivity index (χ0n) is 24.7. The van der Waals surface area contributed by atoms with Crippen LogP contribution in [0.15, 0.2) is 24.3 Å². The predicted molar refractivity (Wildman–Crippen MR) is 111 cm³/mol. The normalized spacial score (nSPS) is 9.39. The van der Waals surface area contributed by atoms with Gasteiger partial charge in [-0.05, 0) is 0 Å². The van der Waals surface area contributed by atoms with Gasteiger partial charge in [-0.3, -0.25) is 7.32 Å². The van der Waals surface area contributed by atoms with Gasteiger partial charge in [-0.15, -0.1) is 0 Å². The zero-order chi connectivity index (χ0) is 38.0. The van der Waals surface area contributed by atoms with Gasteiger partial charge in [0.25, 0.3) is 0 Å². The van der Waals surface area contributed by atoms with Gasteiger partial charge >= 0.3 is 56.6 Å². The van der Waals surface area contributed by atoms with E-state index in [2.05, 4.69) is 0 Å². The fraction of sp³-hybridized carbons (Fsp3) is 0. The number of benzene rings is 4. The molecule has 0 atom stereocenters. The van der Waals surface area contributed by atoms with Gasteiger partial charge in [-0.1, -0.05) is 0 Å². The summed E-state index contributed by atoms with van der Waals surface area (Å²) in [6, 6.07) is -0.247. The molecule has 0 unspecified atom stereocenters. The Bertz CT molecular complexity index is 1400. The molecule has 3 nitrogen and oxygen atoms in total. The van der Waals surface area contributed by atoms with Crippen LogP contribution in [-0.4, -0.2) is 7.32 Å². The van der Waals surface area contributed by atoms with Crippen LogP contribution in [0.25, 0.3) is 0 Å². The molecule has 0 aliphatic carbocycles. The Morgan fingerprint density at radius 2 is 0.314 bits per heavy atom. The smallest absolute Gasteiger partial charge is 0.907 e. The molecule has 0 saturated carbocycles. The first-order valence-electron chi connectivity index (χ1n) is 10.8. The second kappa shape index (κ2) is 24.5. The summed E-state index contributed by atoms with van der Waals surface area (Å²) in [5, 5.41) is 25.2. The molecule has 0 radical (unpaired) electrons. The Morgan fingerprint density at radius 3 is 0.392 bits per heavy atom. The van der Waals surface area contributed by atoms with Crippen LogP contribution in [0.1, 0.15) is 0 Å². The predicted octanol–water partition coefficient (Wildman–Crippen LogP) is -3.41. The van der Waals surface area contributed by atoms with Crippen molar-refractivity contribution in [1.29, 1.82) is 0 Å².